The monoisotopic (exact) mass is 191 g/mol. The van der Waals surface area contributed by atoms with Crippen molar-refractivity contribution in [2.24, 2.45) is 0 Å². The molecule has 0 aliphatic carbocycles. The molecule has 6 nitrogen and oxygen atoms in total. The Kier molecular flexibility index (Phi) is 2.26. The molecule has 6 heteroatoms. The minimum atomic E-state index is -0.226. The molecule has 0 radical (unpaired) electrons. The van der Waals surface area contributed by atoms with Gasteiger partial charge in [0.2, 0.25) is 0 Å². The summed E-state index contributed by atoms with van der Waals surface area (Å²) in [4.78, 5) is 17.6. The predicted octanol–water partition coefficient (Wildman–Crippen LogP) is 0.105. The van der Waals surface area contributed by atoms with Crippen molar-refractivity contribution in [3.8, 4) is 0 Å². The lowest BCUT2D eigenvalue weighted by atomic mass is 10.3. The van der Waals surface area contributed by atoms with E-state index in [1.54, 1.807) is 12.4 Å². The van der Waals surface area contributed by atoms with Crippen LogP contribution in [0.5, 0.6) is 0 Å². The highest BCUT2D eigenvalue weighted by Gasteiger charge is 1.99. The Morgan fingerprint density at radius 3 is 3.14 bits per heavy atom. The van der Waals surface area contributed by atoms with Crippen molar-refractivity contribution in [3.63, 3.8) is 0 Å². The van der Waals surface area contributed by atoms with E-state index in [1.807, 2.05) is 0 Å². The summed E-state index contributed by atoms with van der Waals surface area (Å²) < 4.78 is 0. The molecule has 0 saturated heterocycles. The second-order valence-electron chi connectivity index (χ2n) is 2.73. The molecule has 72 valence electrons. The van der Waals surface area contributed by atoms with Gasteiger partial charge < -0.3 is 10.3 Å². The van der Waals surface area contributed by atoms with Gasteiger partial charge in [0, 0.05) is 30.7 Å². The van der Waals surface area contributed by atoms with Crippen LogP contribution < -0.4 is 10.9 Å². The van der Waals surface area contributed by atoms with Gasteiger partial charge in [0.15, 0.2) is 5.82 Å². The zero-order chi connectivity index (χ0) is 9.80. The third kappa shape index (κ3) is 1.79. The molecular formula is C8H9N5O. The van der Waals surface area contributed by atoms with Crippen LogP contribution >= 0.6 is 0 Å². The molecule has 0 atom stereocenters. The highest BCUT2D eigenvalue weighted by atomic mass is 16.1. The molecule has 0 amide bonds. The van der Waals surface area contributed by atoms with Gasteiger partial charge in [-0.2, -0.15) is 5.10 Å². The molecule has 0 fully saturated rings. The number of hydrogen-bond donors (Lipinski definition) is 3. The van der Waals surface area contributed by atoms with Crippen LogP contribution in [0.4, 0.5) is 5.82 Å². The summed E-state index contributed by atoms with van der Waals surface area (Å²) in [6.45, 7) is 0.524. The van der Waals surface area contributed by atoms with Crippen LogP contribution in [0.2, 0.25) is 0 Å². The zero-order valence-electron chi connectivity index (χ0n) is 7.32. The summed E-state index contributed by atoms with van der Waals surface area (Å²) in [6, 6.07) is 0. The maximum Gasteiger partial charge on any atom is 0.290 e. The Bertz CT molecular complexity index is 447. The molecule has 2 rings (SSSR count). The molecule has 0 spiro atoms. The first-order valence-electron chi connectivity index (χ1n) is 4.11. The van der Waals surface area contributed by atoms with Crippen LogP contribution in [0.3, 0.4) is 0 Å². The Morgan fingerprint density at radius 1 is 1.50 bits per heavy atom. The smallest absolute Gasteiger partial charge is 0.290 e. The number of aromatic nitrogens is 4. The molecule has 0 unspecified atom stereocenters. The lowest BCUT2D eigenvalue weighted by molar-refractivity contribution is 1.06. The van der Waals surface area contributed by atoms with Gasteiger partial charge in [-0.15, -0.1) is 0 Å². The summed E-state index contributed by atoms with van der Waals surface area (Å²) in [5.74, 6) is 0.314. The van der Waals surface area contributed by atoms with E-state index in [2.05, 4.69) is 25.5 Å². The summed E-state index contributed by atoms with van der Waals surface area (Å²) >= 11 is 0. The van der Waals surface area contributed by atoms with Gasteiger partial charge in [-0.05, 0) is 0 Å². The fraction of sp³-hybridized carbons (Fsp3) is 0.125. The first-order valence-corrected chi connectivity index (χ1v) is 4.11. The number of anilines is 1. The van der Waals surface area contributed by atoms with E-state index < -0.39 is 0 Å². The van der Waals surface area contributed by atoms with Crippen molar-refractivity contribution in [2.45, 2.75) is 6.54 Å². The number of nitrogens with zero attached hydrogens (tertiary/aromatic N) is 2. The van der Waals surface area contributed by atoms with E-state index in [0.717, 1.165) is 5.56 Å². The number of rotatable bonds is 3. The van der Waals surface area contributed by atoms with Crippen molar-refractivity contribution in [1.29, 1.82) is 0 Å². The van der Waals surface area contributed by atoms with Crippen molar-refractivity contribution >= 4 is 5.82 Å². The van der Waals surface area contributed by atoms with E-state index in [0.29, 0.717) is 12.4 Å². The van der Waals surface area contributed by atoms with Crippen molar-refractivity contribution in [3.05, 3.63) is 40.7 Å². The molecule has 14 heavy (non-hydrogen) atoms. The van der Waals surface area contributed by atoms with E-state index in [-0.39, 0.29) is 5.56 Å². The maximum absolute atomic E-state index is 11.2. The van der Waals surface area contributed by atoms with Crippen molar-refractivity contribution in [1.82, 2.24) is 20.2 Å². The normalized spacial score (nSPS) is 10.0. The largest absolute Gasteiger partial charge is 0.361 e. The van der Waals surface area contributed by atoms with E-state index in [4.69, 9.17) is 0 Å². The minimum Gasteiger partial charge on any atom is -0.361 e. The molecule has 2 aromatic rings. The van der Waals surface area contributed by atoms with Gasteiger partial charge in [-0.3, -0.25) is 9.89 Å². The van der Waals surface area contributed by atoms with Crippen LogP contribution in [0.1, 0.15) is 5.56 Å². The molecule has 2 heterocycles. The SMILES string of the molecule is O=c1[nH]ccnc1NCc1cn[nH]c1. The summed E-state index contributed by atoms with van der Waals surface area (Å²) in [5, 5.41) is 9.37. The third-order valence-electron chi connectivity index (χ3n) is 1.72. The van der Waals surface area contributed by atoms with E-state index in [1.165, 1.54) is 12.4 Å². The van der Waals surface area contributed by atoms with Gasteiger partial charge in [-0.1, -0.05) is 0 Å². The Morgan fingerprint density at radius 2 is 2.43 bits per heavy atom. The second kappa shape index (κ2) is 3.73. The Labute approximate surface area is 79.4 Å². The van der Waals surface area contributed by atoms with Gasteiger partial charge in [0.05, 0.1) is 6.20 Å². The lowest BCUT2D eigenvalue weighted by Gasteiger charge is -2.00. The second-order valence-corrected chi connectivity index (χ2v) is 2.73. The average Bonchev–Trinajstić information content (AvgIpc) is 2.69. The first kappa shape index (κ1) is 8.49. The van der Waals surface area contributed by atoms with Crippen LogP contribution in [0, 0.1) is 0 Å². The third-order valence-corrected chi connectivity index (χ3v) is 1.72. The predicted molar refractivity (Wildman–Crippen MR) is 50.8 cm³/mol. The molecule has 2 aromatic heterocycles. The summed E-state index contributed by atoms with van der Waals surface area (Å²) in [6.07, 6.45) is 6.46. The standard InChI is InChI=1S/C8H9N5O/c14-8-7(9-1-2-10-8)11-3-6-4-12-13-5-6/h1-2,4-5H,3H2,(H,9,11)(H,10,14)(H,12,13). The van der Waals surface area contributed by atoms with Gasteiger partial charge in [0.25, 0.3) is 5.56 Å². The highest BCUT2D eigenvalue weighted by Crippen LogP contribution is 1.97. The lowest BCUT2D eigenvalue weighted by Crippen LogP contribution is -2.14. The van der Waals surface area contributed by atoms with Gasteiger partial charge in [-0.25, -0.2) is 4.98 Å². The van der Waals surface area contributed by atoms with Gasteiger partial charge >= 0.3 is 0 Å². The fourth-order valence-corrected chi connectivity index (χ4v) is 1.04. The van der Waals surface area contributed by atoms with Crippen LogP contribution in [0.25, 0.3) is 0 Å². The number of nitrogens with one attached hydrogen (secondary N) is 3. The Hall–Kier alpha value is -2.11. The number of aromatic amines is 2. The van der Waals surface area contributed by atoms with Crippen molar-refractivity contribution in [2.75, 3.05) is 5.32 Å². The van der Waals surface area contributed by atoms with E-state index >= 15 is 0 Å². The maximum atomic E-state index is 11.2. The molecular weight excluding hydrogens is 182 g/mol. The first-order chi connectivity index (χ1) is 6.86. The minimum absolute atomic E-state index is 0.226. The molecule has 0 aliphatic heterocycles. The summed E-state index contributed by atoms with van der Waals surface area (Å²) in [5.41, 5.74) is 0.742. The molecule has 0 aromatic carbocycles. The van der Waals surface area contributed by atoms with Crippen molar-refractivity contribution < 1.29 is 0 Å². The zero-order valence-corrected chi connectivity index (χ0v) is 7.32. The average molecular weight is 191 g/mol. The summed E-state index contributed by atoms with van der Waals surface area (Å²) in [7, 11) is 0. The van der Waals surface area contributed by atoms with Gasteiger partial charge in [0.1, 0.15) is 0 Å². The fourth-order valence-electron chi connectivity index (χ4n) is 1.04. The topological polar surface area (TPSA) is 86.5 Å². The number of H-pyrrole nitrogens is 2. The van der Waals surface area contributed by atoms with Crippen LogP contribution in [-0.2, 0) is 6.54 Å². The Balaban J connectivity index is 2.06. The van der Waals surface area contributed by atoms with E-state index in [9.17, 15) is 4.79 Å². The number of hydrogen-bond acceptors (Lipinski definition) is 4. The molecule has 0 saturated carbocycles. The molecule has 0 aliphatic rings. The van der Waals surface area contributed by atoms with Crippen LogP contribution in [0.15, 0.2) is 29.6 Å². The van der Waals surface area contributed by atoms with Crippen LogP contribution in [-0.4, -0.2) is 20.2 Å². The highest BCUT2D eigenvalue weighted by molar-refractivity contribution is 5.31. The quantitative estimate of drug-likeness (QED) is 0.642. The molecule has 0 bridgehead atoms. The molecule has 3 N–H and O–H groups in total.